The highest BCUT2D eigenvalue weighted by Gasteiger charge is 2.29. The van der Waals surface area contributed by atoms with Crippen molar-refractivity contribution in [3.8, 4) is 11.5 Å². The highest BCUT2D eigenvalue weighted by molar-refractivity contribution is 7.17. The maximum atomic E-state index is 12.5. The first kappa shape index (κ1) is 20.9. The molecule has 0 radical (unpaired) electrons. The number of carbonyl (C=O) groups is 3. The van der Waals surface area contributed by atoms with Gasteiger partial charge in [0, 0.05) is 4.88 Å². The van der Waals surface area contributed by atoms with Crippen molar-refractivity contribution in [3.05, 3.63) is 39.8 Å². The molecule has 1 aliphatic carbocycles. The van der Waals surface area contributed by atoms with Crippen LogP contribution in [-0.2, 0) is 22.4 Å². The van der Waals surface area contributed by atoms with Crippen molar-refractivity contribution in [1.82, 2.24) is 0 Å². The van der Waals surface area contributed by atoms with Gasteiger partial charge in [-0.3, -0.25) is 9.59 Å². The zero-order valence-corrected chi connectivity index (χ0v) is 17.4. The van der Waals surface area contributed by atoms with E-state index in [9.17, 15) is 14.4 Å². The minimum absolute atomic E-state index is 0.281. The molecule has 0 aliphatic heterocycles. The van der Waals surface area contributed by atoms with Gasteiger partial charge in [-0.15, -0.1) is 11.3 Å². The second-order valence-electron chi connectivity index (χ2n) is 6.91. The molecule has 1 heterocycles. The van der Waals surface area contributed by atoms with E-state index in [1.807, 2.05) is 0 Å². The highest BCUT2D eigenvalue weighted by atomic mass is 32.1. The van der Waals surface area contributed by atoms with Crippen LogP contribution in [0.25, 0.3) is 0 Å². The molecule has 1 amide bonds. The lowest BCUT2D eigenvalue weighted by molar-refractivity contribution is -0.118. The molecule has 0 fully saturated rings. The minimum atomic E-state index is -0.452. The lowest BCUT2D eigenvalue weighted by atomic mass is 9.88. The van der Waals surface area contributed by atoms with Crippen molar-refractivity contribution < 1.29 is 28.6 Å². The third-order valence-electron chi connectivity index (χ3n) is 4.86. The van der Waals surface area contributed by atoms with Gasteiger partial charge in [-0.2, -0.15) is 0 Å². The zero-order valence-electron chi connectivity index (χ0n) is 16.6. The summed E-state index contributed by atoms with van der Waals surface area (Å²) in [5, 5.41) is 3.25. The number of ether oxygens (including phenoxy) is 3. The van der Waals surface area contributed by atoms with Gasteiger partial charge in [0.15, 0.2) is 12.9 Å². The quantitative estimate of drug-likeness (QED) is 0.548. The van der Waals surface area contributed by atoms with Crippen LogP contribution in [0.5, 0.6) is 11.5 Å². The number of esters is 1. The normalized spacial score (nSPS) is 15.2. The lowest BCUT2D eigenvalue weighted by Crippen LogP contribution is -2.21. The number of aldehydes is 1. The minimum Gasteiger partial charge on any atom is -0.497 e. The Bertz CT molecular complexity index is 935. The lowest BCUT2D eigenvalue weighted by Gasteiger charge is -2.18. The van der Waals surface area contributed by atoms with E-state index in [0.717, 1.165) is 29.7 Å². The molecule has 1 unspecified atom stereocenters. The molecule has 0 saturated carbocycles. The Morgan fingerprint density at radius 2 is 2.10 bits per heavy atom. The van der Waals surface area contributed by atoms with Crippen molar-refractivity contribution in [1.29, 1.82) is 0 Å². The van der Waals surface area contributed by atoms with Gasteiger partial charge in [-0.05, 0) is 48.9 Å². The van der Waals surface area contributed by atoms with E-state index in [1.165, 1.54) is 31.6 Å². The van der Waals surface area contributed by atoms with Crippen LogP contribution < -0.4 is 14.8 Å². The van der Waals surface area contributed by atoms with Gasteiger partial charge in [-0.25, -0.2) is 4.79 Å². The smallest absolute Gasteiger partial charge is 0.341 e. The molecule has 1 atom stereocenters. The highest BCUT2D eigenvalue weighted by Crippen LogP contribution is 2.40. The zero-order chi connectivity index (χ0) is 21.0. The first-order valence-electron chi connectivity index (χ1n) is 9.25. The fraction of sp³-hybridized carbons (Fsp3) is 0.381. The summed E-state index contributed by atoms with van der Waals surface area (Å²) in [5.41, 5.74) is 1.69. The Morgan fingerprint density at radius 1 is 1.31 bits per heavy atom. The number of hydrogen-bond acceptors (Lipinski definition) is 7. The monoisotopic (exact) mass is 417 g/mol. The average Bonchev–Trinajstić information content (AvgIpc) is 3.08. The molecule has 0 saturated heterocycles. The summed E-state index contributed by atoms with van der Waals surface area (Å²) >= 11 is 1.41. The van der Waals surface area contributed by atoms with Crippen LogP contribution in [0, 0.1) is 5.92 Å². The van der Waals surface area contributed by atoms with E-state index in [0.29, 0.717) is 28.5 Å². The Kier molecular flexibility index (Phi) is 6.53. The number of fused-ring (bicyclic) bond motifs is 1. The molecule has 1 aliphatic rings. The fourth-order valence-electron chi connectivity index (χ4n) is 3.34. The van der Waals surface area contributed by atoms with Gasteiger partial charge in [0.25, 0.3) is 5.91 Å². The van der Waals surface area contributed by atoms with E-state index in [4.69, 9.17) is 14.2 Å². The van der Waals surface area contributed by atoms with Gasteiger partial charge in [0.05, 0.1) is 25.3 Å². The predicted octanol–water partition coefficient (Wildman–Crippen LogP) is 3.50. The van der Waals surface area contributed by atoms with Crippen molar-refractivity contribution in [2.45, 2.75) is 26.2 Å². The van der Waals surface area contributed by atoms with Crippen LogP contribution in [0.3, 0.4) is 0 Å². The Labute approximate surface area is 173 Å². The SMILES string of the molecule is COC(=O)c1c(NC(=O)COc2ccc(OC)cc2C=O)sc2c1CCC(C)C2. The van der Waals surface area contributed by atoms with Crippen LogP contribution in [0.15, 0.2) is 18.2 Å². The fourth-order valence-corrected chi connectivity index (χ4v) is 4.75. The van der Waals surface area contributed by atoms with Crippen molar-refractivity contribution in [3.63, 3.8) is 0 Å². The van der Waals surface area contributed by atoms with E-state index in [-0.39, 0.29) is 17.9 Å². The first-order valence-corrected chi connectivity index (χ1v) is 10.1. The summed E-state index contributed by atoms with van der Waals surface area (Å²) in [6.45, 7) is 1.87. The predicted molar refractivity (Wildman–Crippen MR) is 109 cm³/mol. The maximum absolute atomic E-state index is 12.5. The number of benzene rings is 1. The number of thiophene rings is 1. The summed E-state index contributed by atoms with van der Waals surface area (Å²) in [4.78, 5) is 37.1. The molecule has 0 spiro atoms. The summed E-state index contributed by atoms with van der Waals surface area (Å²) in [6, 6.07) is 4.75. The summed E-state index contributed by atoms with van der Waals surface area (Å²) in [6.07, 6.45) is 3.30. The third-order valence-corrected chi connectivity index (χ3v) is 6.03. The number of carbonyl (C=O) groups excluding carboxylic acids is 3. The Hall–Kier alpha value is -2.87. The van der Waals surface area contributed by atoms with E-state index < -0.39 is 11.9 Å². The number of hydrogen-bond donors (Lipinski definition) is 1. The molecule has 8 heteroatoms. The second-order valence-corrected chi connectivity index (χ2v) is 8.01. The third kappa shape index (κ3) is 4.59. The van der Waals surface area contributed by atoms with Crippen LogP contribution >= 0.6 is 11.3 Å². The van der Waals surface area contributed by atoms with Gasteiger partial charge in [-0.1, -0.05) is 6.92 Å². The van der Waals surface area contributed by atoms with Crippen LogP contribution in [0.1, 0.15) is 44.5 Å². The number of amides is 1. The molecule has 2 aromatic rings. The molecule has 1 N–H and O–H groups in total. The summed E-state index contributed by atoms with van der Waals surface area (Å²) < 4.78 is 15.5. The Balaban J connectivity index is 1.74. The summed E-state index contributed by atoms with van der Waals surface area (Å²) in [5.74, 6) is 0.463. The average molecular weight is 417 g/mol. The largest absolute Gasteiger partial charge is 0.497 e. The van der Waals surface area contributed by atoms with Crippen LogP contribution in [0.2, 0.25) is 0 Å². The van der Waals surface area contributed by atoms with Crippen molar-refractivity contribution in [2.75, 3.05) is 26.1 Å². The molecular weight excluding hydrogens is 394 g/mol. The van der Waals surface area contributed by atoms with E-state index in [2.05, 4.69) is 12.2 Å². The van der Waals surface area contributed by atoms with Crippen molar-refractivity contribution in [2.24, 2.45) is 5.92 Å². The topological polar surface area (TPSA) is 90.9 Å². The van der Waals surface area contributed by atoms with Crippen molar-refractivity contribution >= 4 is 34.5 Å². The van der Waals surface area contributed by atoms with Crippen LogP contribution in [0.4, 0.5) is 5.00 Å². The molecule has 154 valence electrons. The number of methoxy groups -OCH3 is 2. The number of nitrogens with one attached hydrogen (secondary N) is 1. The van der Waals surface area contributed by atoms with E-state index >= 15 is 0 Å². The van der Waals surface area contributed by atoms with Crippen LogP contribution in [-0.4, -0.2) is 39.0 Å². The van der Waals surface area contributed by atoms with Gasteiger partial charge in [0.1, 0.15) is 16.5 Å². The standard InChI is InChI=1S/C21H23NO6S/c1-12-4-6-15-17(8-12)29-20(19(15)21(25)27-3)22-18(24)11-28-16-7-5-14(26-2)9-13(16)10-23/h5,7,9-10,12H,4,6,8,11H2,1-3H3,(H,22,24). The molecule has 1 aromatic heterocycles. The van der Waals surface area contributed by atoms with Gasteiger partial charge >= 0.3 is 5.97 Å². The summed E-state index contributed by atoms with van der Waals surface area (Å²) in [7, 11) is 2.83. The molecule has 0 bridgehead atoms. The molecular formula is C21H23NO6S. The molecule has 7 nitrogen and oxygen atoms in total. The van der Waals surface area contributed by atoms with E-state index in [1.54, 1.807) is 12.1 Å². The van der Waals surface area contributed by atoms with Gasteiger partial charge in [0.2, 0.25) is 0 Å². The Morgan fingerprint density at radius 3 is 2.79 bits per heavy atom. The maximum Gasteiger partial charge on any atom is 0.341 e. The molecule has 3 rings (SSSR count). The first-order chi connectivity index (χ1) is 14.0. The van der Waals surface area contributed by atoms with Gasteiger partial charge < -0.3 is 19.5 Å². The second kappa shape index (κ2) is 9.09. The number of anilines is 1. The molecule has 29 heavy (non-hydrogen) atoms. The molecule has 1 aromatic carbocycles. The number of rotatable bonds is 7.